The Labute approximate surface area is 109 Å². The highest BCUT2D eigenvalue weighted by atomic mass is 16.4. The first-order valence-corrected chi connectivity index (χ1v) is 5.43. The van der Waals surface area contributed by atoms with Crippen molar-refractivity contribution in [3.8, 4) is 0 Å². The minimum absolute atomic E-state index is 0.287. The number of aliphatic carboxylic acids is 1. The molecule has 0 aliphatic carbocycles. The summed E-state index contributed by atoms with van der Waals surface area (Å²) in [6.07, 6.45) is -7.83. The summed E-state index contributed by atoms with van der Waals surface area (Å²) in [6, 6.07) is 0. The lowest BCUT2D eigenvalue weighted by Gasteiger charge is -2.25. The summed E-state index contributed by atoms with van der Waals surface area (Å²) >= 11 is 0. The van der Waals surface area contributed by atoms with Crippen LogP contribution in [0.3, 0.4) is 0 Å². The smallest absolute Gasteiger partial charge is 0.331 e. The van der Waals surface area contributed by atoms with Crippen molar-refractivity contribution in [2.24, 2.45) is 0 Å². The van der Waals surface area contributed by atoms with Gasteiger partial charge in [-0.2, -0.15) is 0 Å². The summed E-state index contributed by atoms with van der Waals surface area (Å²) in [7, 11) is 0. The van der Waals surface area contributed by atoms with Gasteiger partial charge in [0, 0.05) is 11.1 Å². The van der Waals surface area contributed by atoms with Crippen LogP contribution in [0.5, 0.6) is 0 Å². The van der Waals surface area contributed by atoms with E-state index >= 15 is 0 Å². The molecule has 0 spiro atoms. The van der Waals surface area contributed by atoms with Crippen LogP contribution in [0.1, 0.15) is 13.8 Å². The van der Waals surface area contributed by atoms with Crippen LogP contribution in [-0.2, 0) is 9.59 Å². The minimum Gasteiger partial charge on any atom is -0.478 e. The quantitative estimate of drug-likeness (QED) is 0.277. The fourth-order valence-electron chi connectivity index (χ4n) is 1.24. The van der Waals surface area contributed by atoms with Gasteiger partial charge in [-0.15, -0.1) is 0 Å². The molecule has 0 aromatic rings. The first-order chi connectivity index (χ1) is 8.64. The number of rotatable bonds is 7. The topological polar surface area (TPSA) is 156 Å². The highest BCUT2D eigenvalue weighted by Crippen LogP contribution is 2.13. The summed E-state index contributed by atoms with van der Waals surface area (Å²) < 4.78 is 0. The van der Waals surface area contributed by atoms with Gasteiger partial charge >= 0.3 is 5.97 Å². The molecule has 0 heterocycles. The second-order valence-corrected chi connectivity index (χ2v) is 4.10. The van der Waals surface area contributed by atoms with Crippen LogP contribution in [0.25, 0.3) is 0 Å². The maximum atomic E-state index is 11.7. The van der Waals surface area contributed by atoms with Crippen molar-refractivity contribution in [1.29, 1.82) is 0 Å². The van der Waals surface area contributed by atoms with Gasteiger partial charge in [-0.05, 0) is 13.8 Å². The number of Topliss-reactive ketones (excluding diaryl/α,β-unsaturated/α-hetero) is 1. The molecule has 110 valence electrons. The zero-order chi connectivity index (χ0) is 15.3. The number of aliphatic hydroxyl groups is 5. The predicted molar refractivity (Wildman–Crippen MR) is 62.1 cm³/mol. The lowest BCUT2D eigenvalue weighted by atomic mass is 9.95. The van der Waals surface area contributed by atoms with E-state index in [0.29, 0.717) is 0 Å². The SMILES string of the molecule is CC(C(=O)O)=C(C)C(=O)[C@H](O)[C@@H](O)[C@H](O)[C@H](O)CO. The second-order valence-electron chi connectivity index (χ2n) is 4.10. The molecule has 0 aromatic heterocycles. The van der Waals surface area contributed by atoms with Gasteiger partial charge in [-0.1, -0.05) is 0 Å². The van der Waals surface area contributed by atoms with Gasteiger partial charge in [0.15, 0.2) is 5.78 Å². The van der Waals surface area contributed by atoms with E-state index in [4.69, 9.17) is 15.3 Å². The number of hydrogen-bond acceptors (Lipinski definition) is 7. The van der Waals surface area contributed by atoms with E-state index in [-0.39, 0.29) is 11.1 Å². The van der Waals surface area contributed by atoms with Crippen LogP contribution in [0.2, 0.25) is 0 Å². The van der Waals surface area contributed by atoms with Crippen molar-refractivity contribution in [3.63, 3.8) is 0 Å². The monoisotopic (exact) mass is 278 g/mol. The number of carbonyl (C=O) groups is 2. The zero-order valence-electron chi connectivity index (χ0n) is 10.5. The van der Waals surface area contributed by atoms with E-state index in [0.717, 1.165) is 13.8 Å². The van der Waals surface area contributed by atoms with E-state index in [1.165, 1.54) is 0 Å². The molecular formula is C11H18O8. The third-order valence-corrected chi connectivity index (χ3v) is 2.78. The average Bonchev–Trinajstić information content (AvgIpc) is 2.40. The van der Waals surface area contributed by atoms with Gasteiger partial charge in [0.05, 0.1) is 6.61 Å². The summed E-state index contributed by atoms with van der Waals surface area (Å²) in [6.45, 7) is 1.42. The number of carboxylic acids is 1. The Kier molecular flexibility index (Phi) is 6.81. The maximum Gasteiger partial charge on any atom is 0.331 e. The van der Waals surface area contributed by atoms with Gasteiger partial charge in [-0.3, -0.25) is 4.79 Å². The number of carboxylic acid groups (broad SMARTS) is 1. The third-order valence-electron chi connectivity index (χ3n) is 2.78. The Bertz CT molecular complexity index is 375. The maximum absolute atomic E-state index is 11.7. The van der Waals surface area contributed by atoms with Gasteiger partial charge in [0.25, 0.3) is 0 Å². The number of ketones is 1. The molecule has 0 aliphatic rings. The van der Waals surface area contributed by atoms with Crippen molar-refractivity contribution in [3.05, 3.63) is 11.1 Å². The summed E-state index contributed by atoms with van der Waals surface area (Å²) in [5.41, 5.74) is -0.599. The summed E-state index contributed by atoms with van der Waals surface area (Å²) in [5, 5.41) is 54.6. The fraction of sp³-hybridized carbons (Fsp3) is 0.636. The van der Waals surface area contributed by atoms with Crippen LogP contribution in [0.15, 0.2) is 11.1 Å². The Hall–Kier alpha value is -1.32. The van der Waals surface area contributed by atoms with E-state index in [1.54, 1.807) is 0 Å². The van der Waals surface area contributed by atoms with Crippen LogP contribution in [0, 0.1) is 0 Å². The molecule has 0 unspecified atom stereocenters. The summed E-state index contributed by atoms with van der Waals surface area (Å²) in [5.74, 6) is -2.44. The van der Waals surface area contributed by atoms with Gasteiger partial charge in [0.1, 0.15) is 24.4 Å². The van der Waals surface area contributed by atoms with Crippen LogP contribution < -0.4 is 0 Å². The van der Waals surface area contributed by atoms with Crippen molar-refractivity contribution < 1.29 is 40.2 Å². The van der Waals surface area contributed by atoms with Crippen LogP contribution in [0.4, 0.5) is 0 Å². The highest BCUT2D eigenvalue weighted by Gasteiger charge is 2.35. The first-order valence-electron chi connectivity index (χ1n) is 5.43. The van der Waals surface area contributed by atoms with Crippen molar-refractivity contribution in [1.82, 2.24) is 0 Å². The van der Waals surface area contributed by atoms with Crippen molar-refractivity contribution in [2.45, 2.75) is 38.3 Å². The average molecular weight is 278 g/mol. The number of hydrogen-bond donors (Lipinski definition) is 6. The molecule has 19 heavy (non-hydrogen) atoms. The molecule has 0 bridgehead atoms. The van der Waals surface area contributed by atoms with Gasteiger partial charge in [-0.25, -0.2) is 4.79 Å². The van der Waals surface area contributed by atoms with E-state index in [1.807, 2.05) is 0 Å². The van der Waals surface area contributed by atoms with Crippen molar-refractivity contribution in [2.75, 3.05) is 6.61 Å². The Morgan fingerprint density at radius 3 is 1.79 bits per heavy atom. The molecule has 6 N–H and O–H groups in total. The molecule has 0 radical (unpaired) electrons. The first kappa shape index (κ1) is 17.7. The van der Waals surface area contributed by atoms with Crippen LogP contribution in [-0.4, -0.2) is 73.4 Å². The Morgan fingerprint density at radius 1 is 0.947 bits per heavy atom. The number of carbonyl (C=O) groups excluding carboxylic acids is 1. The fourth-order valence-corrected chi connectivity index (χ4v) is 1.24. The van der Waals surface area contributed by atoms with Gasteiger partial charge in [0.2, 0.25) is 0 Å². The highest BCUT2D eigenvalue weighted by molar-refractivity contribution is 6.04. The summed E-state index contributed by atoms with van der Waals surface area (Å²) in [4.78, 5) is 22.3. The molecule has 8 nitrogen and oxygen atoms in total. The molecule has 8 heteroatoms. The van der Waals surface area contributed by atoms with Gasteiger partial charge < -0.3 is 30.6 Å². The molecular weight excluding hydrogens is 260 g/mol. The molecule has 0 fully saturated rings. The third kappa shape index (κ3) is 4.37. The molecule has 0 saturated carbocycles. The van der Waals surface area contributed by atoms with E-state index < -0.39 is 42.8 Å². The Morgan fingerprint density at radius 2 is 1.42 bits per heavy atom. The normalized spacial score (nSPS) is 19.1. The second kappa shape index (κ2) is 7.31. The molecule has 0 rings (SSSR count). The standard InChI is InChI=1S/C11H18O8/c1-4(5(2)11(18)19)7(14)9(16)10(17)8(15)6(13)3-12/h6,8-10,12-13,15-17H,3H2,1-2H3,(H,18,19)/t6-,8-,9+,10+/m1/s1. The van der Waals surface area contributed by atoms with Crippen molar-refractivity contribution >= 4 is 11.8 Å². The molecule has 0 saturated heterocycles. The number of aliphatic hydroxyl groups excluding tert-OH is 5. The van der Waals surface area contributed by atoms with E-state index in [9.17, 15) is 24.9 Å². The van der Waals surface area contributed by atoms with E-state index in [2.05, 4.69) is 0 Å². The minimum atomic E-state index is -2.11. The molecule has 0 aromatic carbocycles. The van der Waals surface area contributed by atoms with Crippen LogP contribution >= 0.6 is 0 Å². The molecule has 0 amide bonds. The molecule has 4 atom stereocenters. The lowest BCUT2D eigenvalue weighted by molar-refractivity contribution is -0.144. The Balaban J connectivity index is 5.02. The lowest BCUT2D eigenvalue weighted by Crippen LogP contribution is -2.49. The zero-order valence-corrected chi connectivity index (χ0v) is 10.5. The predicted octanol–water partition coefficient (Wildman–Crippen LogP) is -2.59. The molecule has 0 aliphatic heterocycles. The largest absolute Gasteiger partial charge is 0.478 e.